The molecule has 0 fully saturated rings. The number of hydrogen-bond acceptors (Lipinski definition) is 5. The molecular weight excluding hydrogens is 384 g/mol. The Labute approximate surface area is 166 Å². The first-order valence-electron chi connectivity index (χ1n) is 8.52. The molecule has 7 nitrogen and oxygen atoms in total. The average molecular weight is 401 g/mol. The summed E-state index contributed by atoms with van der Waals surface area (Å²) < 4.78 is 4.94. The Morgan fingerprint density at radius 3 is 2.50 bits per heavy atom. The number of Topliss-reactive ketones (excluding diaryl/α,β-unsaturated/α-hetero) is 1. The standard InChI is InChI=1S/C20H17ClN2O5/c1-12(13-6-8-14(21)9-7-13)22-17(24)11-28-18(25)10-23-16-5-3-2-4-15(16)19(26)20(23)27/h2-9,12H,10-11H2,1H3,(H,22,24)/t12-/m1/s1. The van der Waals surface area contributed by atoms with E-state index in [-0.39, 0.29) is 11.6 Å². The number of nitrogens with zero attached hydrogens (tertiary/aromatic N) is 1. The molecule has 1 atom stereocenters. The number of ether oxygens (including phenoxy) is 1. The predicted octanol–water partition coefficient (Wildman–Crippen LogP) is 2.29. The monoisotopic (exact) mass is 400 g/mol. The van der Waals surface area contributed by atoms with E-state index in [1.165, 1.54) is 6.07 Å². The van der Waals surface area contributed by atoms with Gasteiger partial charge in [0.15, 0.2) is 6.61 Å². The molecule has 8 heteroatoms. The van der Waals surface area contributed by atoms with Gasteiger partial charge < -0.3 is 10.1 Å². The van der Waals surface area contributed by atoms with Crippen LogP contribution in [0.2, 0.25) is 5.02 Å². The zero-order valence-corrected chi connectivity index (χ0v) is 15.7. The minimum Gasteiger partial charge on any atom is -0.454 e. The number of benzene rings is 2. The van der Waals surface area contributed by atoms with Crippen molar-refractivity contribution in [3.05, 3.63) is 64.7 Å². The Morgan fingerprint density at radius 2 is 1.79 bits per heavy atom. The third kappa shape index (κ3) is 4.20. The number of para-hydroxylation sites is 1. The van der Waals surface area contributed by atoms with Crippen molar-refractivity contribution >= 4 is 40.9 Å². The molecule has 2 aromatic carbocycles. The molecule has 2 aromatic rings. The number of fused-ring (bicyclic) bond motifs is 1. The number of ketones is 1. The van der Waals surface area contributed by atoms with Crippen LogP contribution in [0.4, 0.5) is 5.69 Å². The lowest BCUT2D eigenvalue weighted by Gasteiger charge is -2.16. The van der Waals surface area contributed by atoms with E-state index in [4.69, 9.17) is 16.3 Å². The highest BCUT2D eigenvalue weighted by atomic mass is 35.5. The maximum Gasteiger partial charge on any atom is 0.326 e. The maximum atomic E-state index is 12.0. The highest BCUT2D eigenvalue weighted by molar-refractivity contribution is 6.52. The first-order chi connectivity index (χ1) is 13.4. The first kappa shape index (κ1) is 19.6. The number of carbonyl (C=O) groups is 4. The van der Waals surface area contributed by atoms with Crippen LogP contribution in [0.3, 0.4) is 0 Å². The number of anilines is 1. The minimum absolute atomic E-state index is 0.245. The van der Waals surface area contributed by atoms with Gasteiger partial charge in [0.05, 0.1) is 17.3 Å². The first-order valence-corrected chi connectivity index (χ1v) is 8.90. The van der Waals surface area contributed by atoms with Gasteiger partial charge in [0, 0.05) is 5.02 Å². The van der Waals surface area contributed by atoms with Crippen molar-refractivity contribution in [1.82, 2.24) is 5.32 Å². The fourth-order valence-corrected chi connectivity index (χ4v) is 2.97. The van der Waals surface area contributed by atoms with E-state index >= 15 is 0 Å². The summed E-state index contributed by atoms with van der Waals surface area (Å²) in [5, 5.41) is 3.29. The summed E-state index contributed by atoms with van der Waals surface area (Å²) in [7, 11) is 0. The number of halogens is 1. The third-order valence-electron chi connectivity index (χ3n) is 4.28. The number of nitrogens with one attached hydrogen (secondary N) is 1. The zero-order chi connectivity index (χ0) is 20.3. The van der Waals surface area contributed by atoms with Gasteiger partial charge in [-0.1, -0.05) is 35.9 Å². The number of amides is 2. The molecular formula is C20H17ClN2O5. The van der Waals surface area contributed by atoms with Crippen LogP contribution >= 0.6 is 11.6 Å². The predicted molar refractivity (Wildman–Crippen MR) is 102 cm³/mol. The second kappa shape index (κ2) is 8.22. The normalized spacial score (nSPS) is 13.9. The average Bonchev–Trinajstić information content (AvgIpc) is 2.92. The molecule has 2 amide bonds. The van der Waals surface area contributed by atoms with Gasteiger partial charge in [-0.15, -0.1) is 0 Å². The van der Waals surface area contributed by atoms with E-state index in [1.807, 2.05) is 0 Å². The van der Waals surface area contributed by atoms with E-state index in [9.17, 15) is 19.2 Å². The quantitative estimate of drug-likeness (QED) is 0.593. The largest absolute Gasteiger partial charge is 0.454 e. The Balaban J connectivity index is 1.52. The third-order valence-corrected chi connectivity index (χ3v) is 4.53. The fourth-order valence-electron chi connectivity index (χ4n) is 2.84. The lowest BCUT2D eigenvalue weighted by Crippen LogP contribution is -2.37. The lowest BCUT2D eigenvalue weighted by molar-refractivity contribution is -0.147. The van der Waals surface area contributed by atoms with E-state index in [2.05, 4.69) is 5.32 Å². The second-order valence-corrected chi connectivity index (χ2v) is 6.68. The molecule has 0 aliphatic carbocycles. The van der Waals surface area contributed by atoms with Gasteiger partial charge in [0.1, 0.15) is 6.54 Å². The minimum atomic E-state index is -0.793. The molecule has 3 rings (SSSR count). The molecule has 0 saturated heterocycles. The highest BCUT2D eigenvalue weighted by Gasteiger charge is 2.36. The molecule has 1 aliphatic heterocycles. The molecule has 28 heavy (non-hydrogen) atoms. The molecule has 0 spiro atoms. The van der Waals surface area contributed by atoms with Crippen LogP contribution in [0.5, 0.6) is 0 Å². The zero-order valence-electron chi connectivity index (χ0n) is 15.0. The van der Waals surface area contributed by atoms with Crippen molar-refractivity contribution in [2.45, 2.75) is 13.0 Å². The SMILES string of the molecule is C[C@@H](NC(=O)COC(=O)CN1C(=O)C(=O)c2ccccc21)c1ccc(Cl)cc1. The van der Waals surface area contributed by atoms with Crippen LogP contribution in [-0.2, 0) is 19.1 Å². The Kier molecular flexibility index (Phi) is 5.75. The van der Waals surface area contributed by atoms with Gasteiger partial charge in [-0.2, -0.15) is 0 Å². The summed E-state index contributed by atoms with van der Waals surface area (Å²) in [5.74, 6) is -2.73. The number of carbonyl (C=O) groups excluding carboxylic acids is 4. The molecule has 144 valence electrons. The van der Waals surface area contributed by atoms with E-state index in [1.54, 1.807) is 49.4 Å². The summed E-state index contributed by atoms with van der Waals surface area (Å²) in [6.07, 6.45) is 0. The van der Waals surface area contributed by atoms with Crippen LogP contribution in [0.15, 0.2) is 48.5 Å². The summed E-state index contributed by atoms with van der Waals surface area (Å²) in [6.45, 7) is 0.852. The lowest BCUT2D eigenvalue weighted by atomic mass is 10.1. The maximum absolute atomic E-state index is 12.0. The molecule has 0 bridgehead atoms. The van der Waals surface area contributed by atoms with Gasteiger partial charge in [0.2, 0.25) is 0 Å². The molecule has 0 unspecified atom stereocenters. The Hall–Kier alpha value is -3.19. The summed E-state index contributed by atoms with van der Waals surface area (Å²) >= 11 is 5.83. The topological polar surface area (TPSA) is 92.8 Å². The van der Waals surface area contributed by atoms with Crippen LogP contribution in [0.25, 0.3) is 0 Å². The van der Waals surface area contributed by atoms with Crippen molar-refractivity contribution in [3.63, 3.8) is 0 Å². The smallest absolute Gasteiger partial charge is 0.326 e. The van der Waals surface area contributed by atoms with Gasteiger partial charge in [0.25, 0.3) is 17.6 Å². The van der Waals surface area contributed by atoms with Gasteiger partial charge in [-0.3, -0.25) is 24.1 Å². The fraction of sp³-hybridized carbons (Fsp3) is 0.200. The van der Waals surface area contributed by atoms with Crippen LogP contribution in [-0.4, -0.2) is 36.7 Å². The number of hydrogen-bond donors (Lipinski definition) is 1. The molecule has 0 aromatic heterocycles. The van der Waals surface area contributed by atoms with Crippen LogP contribution < -0.4 is 10.2 Å². The Morgan fingerprint density at radius 1 is 1.11 bits per heavy atom. The second-order valence-electron chi connectivity index (χ2n) is 6.24. The summed E-state index contributed by atoms with van der Waals surface area (Å²) in [6, 6.07) is 13.1. The van der Waals surface area contributed by atoms with Crippen molar-refractivity contribution in [1.29, 1.82) is 0 Å². The van der Waals surface area contributed by atoms with Crippen molar-refractivity contribution in [2.75, 3.05) is 18.1 Å². The molecule has 0 radical (unpaired) electrons. The highest BCUT2D eigenvalue weighted by Crippen LogP contribution is 2.28. The Bertz CT molecular complexity index is 942. The molecule has 1 heterocycles. The summed E-state index contributed by atoms with van der Waals surface area (Å²) in [4.78, 5) is 49.0. The number of rotatable bonds is 6. The van der Waals surface area contributed by atoms with Gasteiger partial charge in [-0.05, 0) is 36.8 Å². The van der Waals surface area contributed by atoms with Crippen LogP contribution in [0.1, 0.15) is 28.9 Å². The molecule has 1 aliphatic rings. The molecule has 1 N–H and O–H groups in total. The molecule has 0 saturated carbocycles. The number of esters is 1. The summed E-state index contributed by atoms with van der Waals surface area (Å²) in [5.41, 5.74) is 1.45. The van der Waals surface area contributed by atoms with Crippen LogP contribution in [0, 0.1) is 0 Å². The van der Waals surface area contributed by atoms with Gasteiger partial charge >= 0.3 is 5.97 Å². The van der Waals surface area contributed by atoms with Crippen molar-refractivity contribution in [3.8, 4) is 0 Å². The van der Waals surface area contributed by atoms with Crippen molar-refractivity contribution < 1.29 is 23.9 Å². The van der Waals surface area contributed by atoms with E-state index in [0.29, 0.717) is 10.7 Å². The van der Waals surface area contributed by atoms with Crippen molar-refractivity contribution in [2.24, 2.45) is 0 Å². The van der Waals surface area contributed by atoms with E-state index < -0.39 is 36.7 Å². The van der Waals surface area contributed by atoms with E-state index in [0.717, 1.165) is 10.5 Å². The van der Waals surface area contributed by atoms with Gasteiger partial charge in [-0.25, -0.2) is 0 Å².